The average molecular weight is 218 g/mol. The number of tetrazole rings is 1. The van der Waals surface area contributed by atoms with E-state index in [1.807, 2.05) is 5.32 Å². The van der Waals surface area contributed by atoms with Gasteiger partial charge in [0.25, 0.3) is 5.91 Å². The number of rotatable bonds is 3. The molecule has 16 heavy (non-hydrogen) atoms. The summed E-state index contributed by atoms with van der Waals surface area (Å²) in [5, 5.41) is 21.4. The number of hydrogen-bond donors (Lipinski definition) is 1. The van der Waals surface area contributed by atoms with Crippen LogP contribution in [0.15, 0.2) is 22.8 Å². The van der Waals surface area contributed by atoms with Crippen molar-refractivity contribution in [3.8, 4) is 17.8 Å². The van der Waals surface area contributed by atoms with Crippen molar-refractivity contribution in [3.05, 3.63) is 18.4 Å². The maximum atomic E-state index is 11.0. The number of furan rings is 1. The molecule has 0 aliphatic rings. The molecule has 0 fully saturated rings. The molecule has 2 aromatic heterocycles. The Hall–Kier alpha value is -2.69. The van der Waals surface area contributed by atoms with Gasteiger partial charge >= 0.3 is 0 Å². The standard InChI is InChI=1S/C8H6N6O2/c9-5-10-7(15)4-14-12-8(11-13-14)6-2-1-3-16-6/h1-3H,4H2,(H,10,15). The lowest BCUT2D eigenvalue weighted by Gasteiger charge is -1.93. The predicted molar refractivity (Wildman–Crippen MR) is 49.3 cm³/mol. The van der Waals surface area contributed by atoms with Crippen LogP contribution in [0.2, 0.25) is 0 Å². The topological polar surface area (TPSA) is 110 Å². The molecule has 0 saturated carbocycles. The van der Waals surface area contributed by atoms with Crippen molar-refractivity contribution in [2.45, 2.75) is 6.54 Å². The zero-order chi connectivity index (χ0) is 11.4. The van der Waals surface area contributed by atoms with E-state index in [9.17, 15) is 4.79 Å². The second-order valence-corrected chi connectivity index (χ2v) is 2.78. The summed E-state index contributed by atoms with van der Waals surface area (Å²) < 4.78 is 5.05. The number of hydrogen-bond acceptors (Lipinski definition) is 6. The number of nitriles is 1. The molecule has 1 N–H and O–H groups in total. The van der Waals surface area contributed by atoms with Crippen molar-refractivity contribution in [2.75, 3.05) is 0 Å². The first kappa shape index (κ1) is 9.85. The van der Waals surface area contributed by atoms with E-state index in [0.29, 0.717) is 5.76 Å². The summed E-state index contributed by atoms with van der Waals surface area (Å²) >= 11 is 0. The Morgan fingerprint density at radius 1 is 1.69 bits per heavy atom. The molecule has 0 aliphatic carbocycles. The molecule has 0 aliphatic heterocycles. The van der Waals surface area contributed by atoms with Gasteiger partial charge in [0, 0.05) is 0 Å². The van der Waals surface area contributed by atoms with Crippen LogP contribution >= 0.6 is 0 Å². The summed E-state index contributed by atoms with van der Waals surface area (Å²) in [7, 11) is 0. The molecule has 0 radical (unpaired) electrons. The van der Waals surface area contributed by atoms with Crippen LogP contribution in [0.25, 0.3) is 11.6 Å². The van der Waals surface area contributed by atoms with E-state index < -0.39 is 5.91 Å². The first-order valence-corrected chi connectivity index (χ1v) is 4.29. The van der Waals surface area contributed by atoms with E-state index in [4.69, 9.17) is 9.68 Å². The van der Waals surface area contributed by atoms with E-state index in [1.165, 1.54) is 12.5 Å². The third-order valence-electron chi connectivity index (χ3n) is 1.67. The smallest absolute Gasteiger partial charge is 0.256 e. The van der Waals surface area contributed by atoms with Crippen LogP contribution in [-0.4, -0.2) is 26.1 Å². The van der Waals surface area contributed by atoms with Crippen molar-refractivity contribution in [2.24, 2.45) is 0 Å². The Kier molecular flexibility index (Phi) is 2.60. The van der Waals surface area contributed by atoms with Crippen LogP contribution in [0, 0.1) is 11.5 Å². The van der Waals surface area contributed by atoms with E-state index in [-0.39, 0.29) is 12.4 Å². The van der Waals surface area contributed by atoms with Gasteiger partial charge in [-0.1, -0.05) is 0 Å². The molecule has 2 rings (SSSR count). The van der Waals surface area contributed by atoms with Crippen LogP contribution < -0.4 is 5.32 Å². The minimum atomic E-state index is -0.508. The maximum absolute atomic E-state index is 11.0. The molecule has 8 heteroatoms. The third-order valence-corrected chi connectivity index (χ3v) is 1.67. The summed E-state index contributed by atoms with van der Waals surface area (Å²) in [5.41, 5.74) is 0. The van der Waals surface area contributed by atoms with E-state index in [2.05, 4.69) is 15.4 Å². The lowest BCUT2D eigenvalue weighted by Crippen LogP contribution is -2.24. The Morgan fingerprint density at radius 2 is 2.56 bits per heavy atom. The molecule has 1 amide bonds. The fraction of sp³-hybridized carbons (Fsp3) is 0.125. The molecule has 0 atom stereocenters. The quantitative estimate of drug-likeness (QED) is 0.550. The molecule has 0 aromatic carbocycles. The van der Waals surface area contributed by atoms with Gasteiger partial charge in [-0.15, -0.1) is 10.2 Å². The highest BCUT2D eigenvalue weighted by atomic mass is 16.3. The normalized spacial score (nSPS) is 9.69. The van der Waals surface area contributed by atoms with E-state index >= 15 is 0 Å². The molecule has 2 aromatic rings. The van der Waals surface area contributed by atoms with Crippen molar-refractivity contribution in [1.29, 1.82) is 5.26 Å². The largest absolute Gasteiger partial charge is 0.461 e. The first-order valence-electron chi connectivity index (χ1n) is 4.29. The highest BCUT2D eigenvalue weighted by Crippen LogP contribution is 2.12. The van der Waals surface area contributed by atoms with Gasteiger partial charge in [-0.2, -0.15) is 10.1 Å². The fourth-order valence-electron chi connectivity index (χ4n) is 1.04. The number of carbonyl (C=O) groups is 1. The Labute approximate surface area is 89.5 Å². The highest BCUT2D eigenvalue weighted by molar-refractivity contribution is 5.76. The molecule has 8 nitrogen and oxygen atoms in total. The SMILES string of the molecule is N#CNC(=O)Cn1nnc(-c2ccco2)n1. The Bertz CT molecular complexity index is 523. The van der Waals surface area contributed by atoms with Gasteiger partial charge in [-0.3, -0.25) is 10.1 Å². The highest BCUT2D eigenvalue weighted by Gasteiger charge is 2.10. The molecule has 80 valence electrons. The molecule has 0 saturated heterocycles. The van der Waals surface area contributed by atoms with Gasteiger partial charge in [0.05, 0.1) is 6.26 Å². The average Bonchev–Trinajstić information content (AvgIpc) is 2.86. The second kappa shape index (κ2) is 4.22. The lowest BCUT2D eigenvalue weighted by atomic mass is 10.4. The number of nitrogens with zero attached hydrogens (tertiary/aromatic N) is 5. The van der Waals surface area contributed by atoms with Crippen molar-refractivity contribution >= 4 is 5.91 Å². The summed E-state index contributed by atoms with van der Waals surface area (Å²) in [6.07, 6.45) is 3.00. The van der Waals surface area contributed by atoms with Gasteiger partial charge in [0.2, 0.25) is 5.82 Å². The van der Waals surface area contributed by atoms with Crippen molar-refractivity contribution < 1.29 is 9.21 Å². The van der Waals surface area contributed by atoms with Gasteiger partial charge in [0.1, 0.15) is 6.54 Å². The van der Waals surface area contributed by atoms with Crippen LogP contribution in [-0.2, 0) is 11.3 Å². The van der Waals surface area contributed by atoms with Crippen molar-refractivity contribution in [3.63, 3.8) is 0 Å². The monoisotopic (exact) mass is 218 g/mol. The lowest BCUT2D eigenvalue weighted by molar-refractivity contribution is -0.120. The van der Waals surface area contributed by atoms with Gasteiger partial charge in [0.15, 0.2) is 12.0 Å². The zero-order valence-electron chi connectivity index (χ0n) is 7.99. The minimum Gasteiger partial charge on any atom is -0.461 e. The number of carbonyl (C=O) groups excluding carboxylic acids is 1. The summed E-state index contributed by atoms with van der Waals surface area (Å²) in [6.45, 7) is -0.165. The molecular formula is C8H6N6O2. The van der Waals surface area contributed by atoms with E-state index in [0.717, 1.165) is 4.80 Å². The number of amides is 1. The molecule has 2 heterocycles. The summed E-state index contributed by atoms with van der Waals surface area (Å²) in [6, 6.07) is 3.37. The third kappa shape index (κ3) is 2.03. The second-order valence-electron chi connectivity index (χ2n) is 2.78. The molecular weight excluding hydrogens is 212 g/mol. The zero-order valence-corrected chi connectivity index (χ0v) is 7.99. The summed E-state index contributed by atoms with van der Waals surface area (Å²) in [4.78, 5) is 12.1. The minimum absolute atomic E-state index is 0.165. The van der Waals surface area contributed by atoms with Gasteiger partial charge in [-0.25, -0.2) is 0 Å². The molecule has 0 spiro atoms. The van der Waals surface area contributed by atoms with Crippen LogP contribution in [0.3, 0.4) is 0 Å². The molecule has 0 unspecified atom stereocenters. The van der Waals surface area contributed by atoms with Gasteiger partial charge < -0.3 is 4.42 Å². The van der Waals surface area contributed by atoms with E-state index in [1.54, 1.807) is 12.1 Å². The van der Waals surface area contributed by atoms with Crippen LogP contribution in [0.5, 0.6) is 0 Å². The molecule has 0 bridgehead atoms. The van der Waals surface area contributed by atoms with Gasteiger partial charge in [-0.05, 0) is 17.3 Å². The number of nitrogens with one attached hydrogen (secondary N) is 1. The Balaban J connectivity index is 2.09. The predicted octanol–water partition coefficient (Wildman–Crippen LogP) is -0.470. The Morgan fingerprint density at radius 3 is 3.25 bits per heavy atom. The van der Waals surface area contributed by atoms with Crippen molar-refractivity contribution in [1.82, 2.24) is 25.5 Å². The first-order chi connectivity index (χ1) is 7.79. The number of aromatic nitrogens is 4. The maximum Gasteiger partial charge on any atom is 0.256 e. The van der Waals surface area contributed by atoms with Crippen LogP contribution in [0.4, 0.5) is 0 Å². The fourth-order valence-corrected chi connectivity index (χ4v) is 1.04. The summed E-state index contributed by atoms with van der Waals surface area (Å²) in [5.74, 6) is 0.243. The van der Waals surface area contributed by atoms with Crippen LogP contribution in [0.1, 0.15) is 0 Å².